The Labute approximate surface area is 478 Å². The zero-order valence-electron chi connectivity index (χ0n) is 46.7. The van der Waals surface area contributed by atoms with Crippen LogP contribution in [0.25, 0.3) is 43.1 Å². The second-order valence-corrected chi connectivity index (χ2v) is 23.0. The quantitative estimate of drug-likeness (QED) is 0.0542. The van der Waals surface area contributed by atoms with Crippen LogP contribution in [0.1, 0.15) is 176 Å². The summed E-state index contributed by atoms with van der Waals surface area (Å²) < 4.78 is 10.1. The van der Waals surface area contributed by atoms with Gasteiger partial charge in [-0.1, -0.05) is 144 Å². The fourth-order valence-electron chi connectivity index (χ4n) is 9.16. The van der Waals surface area contributed by atoms with Gasteiger partial charge in [0.2, 0.25) is 0 Å². The van der Waals surface area contributed by atoms with E-state index in [-0.39, 0.29) is 26.2 Å². The van der Waals surface area contributed by atoms with Crippen molar-refractivity contribution in [3.63, 3.8) is 0 Å². The summed E-state index contributed by atoms with van der Waals surface area (Å²) in [6.45, 7) is 35.8. The molecule has 2 heterocycles. The van der Waals surface area contributed by atoms with Gasteiger partial charge >= 0.3 is 0 Å². The minimum atomic E-state index is 0. The first-order valence-electron chi connectivity index (χ1n) is 26.6. The topological polar surface area (TPSA) is 66.1 Å². The monoisotopic (exact) mass is 1120 g/mol. The van der Waals surface area contributed by atoms with E-state index in [9.17, 15) is 10.2 Å². The van der Waals surface area contributed by atoms with Gasteiger partial charge in [0.1, 0.15) is 11.5 Å². The van der Waals surface area contributed by atoms with Crippen molar-refractivity contribution in [1.29, 1.82) is 0 Å². The summed E-state index contributed by atoms with van der Waals surface area (Å²) in [6.07, 6.45) is 1.77. The number of thiophene rings is 2. The van der Waals surface area contributed by atoms with Crippen molar-refractivity contribution in [3.05, 3.63) is 203 Å². The molecule has 0 saturated carbocycles. The summed E-state index contributed by atoms with van der Waals surface area (Å²) in [5, 5.41) is 28.1. The zero-order chi connectivity index (χ0) is 53.6. The van der Waals surface area contributed by atoms with E-state index in [1.54, 1.807) is 22.7 Å². The molecule has 6 aromatic carbocycles. The van der Waals surface area contributed by atoms with E-state index in [1.165, 1.54) is 44.5 Å². The molecule has 8 rings (SSSR count). The Morgan fingerprint density at radius 1 is 0.400 bits per heavy atom. The van der Waals surface area contributed by atoms with E-state index >= 15 is 0 Å². The Bertz CT molecular complexity index is 2750. The number of ether oxygens (including phenoxy) is 2. The third-order valence-corrected chi connectivity index (χ3v) is 15.5. The van der Waals surface area contributed by atoms with Crippen LogP contribution in [0.5, 0.6) is 23.0 Å². The molecule has 7 heteroatoms. The van der Waals surface area contributed by atoms with Crippen LogP contribution in [0, 0.1) is 13.8 Å². The van der Waals surface area contributed by atoms with Gasteiger partial charge in [0, 0.05) is 73.1 Å². The first kappa shape index (κ1) is 60.4. The van der Waals surface area contributed by atoms with Crippen molar-refractivity contribution < 1.29 is 45.9 Å². The molecule has 0 saturated heterocycles. The van der Waals surface area contributed by atoms with E-state index in [1.807, 2.05) is 84.9 Å². The summed E-state index contributed by atoms with van der Waals surface area (Å²) in [5.74, 6) is 4.65. The molecule has 0 atom stereocenters. The fraction of sp³-hybridized carbons (Fsp3) is 0.324. The van der Waals surface area contributed by atoms with Gasteiger partial charge in [0.25, 0.3) is 11.5 Å². The Morgan fingerprint density at radius 2 is 0.693 bits per heavy atom. The third-order valence-electron chi connectivity index (χ3n) is 13.4. The number of hydrogen-bond acceptors (Lipinski definition) is 4. The maximum absolute atomic E-state index is 11.9. The van der Waals surface area contributed by atoms with Crippen LogP contribution in [0.3, 0.4) is 0 Å². The van der Waals surface area contributed by atoms with Gasteiger partial charge in [-0.05, 0) is 92.1 Å². The van der Waals surface area contributed by atoms with Crippen LogP contribution < -0.4 is 0 Å². The molecule has 0 amide bonds. The van der Waals surface area contributed by atoms with Gasteiger partial charge in [0.15, 0.2) is 13.2 Å². The van der Waals surface area contributed by atoms with Gasteiger partial charge in [-0.2, -0.15) is 49.2 Å². The zero-order valence-corrected chi connectivity index (χ0v) is 50.8. The molecule has 0 spiro atoms. The minimum absolute atomic E-state index is 0. The average molecular weight is 1120 g/mol. The molecule has 0 fully saturated rings. The van der Waals surface area contributed by atoms with Crippen molar-refractivity contribution in [2.75, 3.05) is 13.2 Å². The largest absolute Gasteiger partial charge is 0.582 e. The molecule has 8 aromatic rings. The van der Waals surface area contributed by atoms with Crippen molar-refractivity contribution in [1.82, 2.24) is 0 Å². The van der Waals surface area contributed by atoms with Crippen LogP contribution in [0.2, 0.25) is 0 Å². The average Bonchev–Trinajstić information content (AvgIpc) is 3.95. The maximum Gasteiger partial charge on any atom is 0.263 e. The van der Waals surface area contributed by atoms with Gasteiger partial charge in [-0.15, -0.1) is 46.9 Å². The standard InChI is InChI=1S/C54H66O4S2.2C7H7.Zr/c1-31(2)37-25-41(33(5)6)49(42(26-37)34(7)8)45-29-59-53(51(45)55)39-19-13-15-21-47(39)57-23-17-18-24-58-48-22-16-14-20-40(48)54-52(56)46(30-60-54)50-43(35(9)10)27-38(32(3)4)28-44(50)36(11)12;2*1-7-5-3-2-4-6-7;/h13-16,19-22,25-36,55-56H,17-18,23-24H2,1-12H3;2*2-6H,1H2;/q;2*-1;/p+2. The summed E-state index contributed by atoms with van der Waals surface area (Å²) in [4.78, 5) is 1.73. The first-order chi connectivity index (χ1) is 35.4. The Balaban J connectivity index is 0.000000598. The number of aliphatic hydroxyl groups is 2. The second-order valence-electron chi connectivity index (χ2n) is 21.2. The Kier molecular flexibility index (Phi) is 23.0. The molecular formula is C68H82O4S2Zr. The minimum Gasteiger partial charge on any atom is -0.582 e. The van der Waals surface area contributed by atoms with Crippen molar-refractivity contribution in [2.45, 2.75) is 131 Å². The number of rotatable bonds is 17. The van der Waals surface area contributed by atoms with E-state index in [0.29, 0.717) is 60.2 Å². The fourth-order valence-corrected chi connectivity index (χ4v) is 11.1. The Morgan fingerprint density at radius 3 is 0.960 bits per heavy atom. The van der Waals surface area contributed by atoms with Crippen molar-refractivity contribution in [3.8, 4) is 66.1 Å². The van der Waals surface area contributed by atoms with Crippen LogP contribution in [0.4, 0.5) is 0 Å². The molecule has 0 radical (unpaired) electrons. The summed E-state index contributed by atoms with van der Waals surface area (Å²) in [5.41, 5.74) is 16.1. The van der Waals surface area contributed by atoms with Crippen LogP contribution in [0.15, 0.2) is 144 Å². The van der Waals surface area contributed by atoms with E-state index in [4.69, 9.17) is 9.47 Å². The molecule has 4 nitrogen and oxygen atoms in total. The number of hydrogen-bond donors (Lipinski definition) is 2. The predicted octanol–water partition coefficient (Wildman–Crippen LogP) is 20.3. The van der Waals surface area contributed by atoms with Crippen molar-refractivity contribution >= 4 is 22.7 Å². The second kappa shape index (κ2) is 28.6. The van der Waals surface area contributed by atoms with Crippen molar-refractivity contribution in [2.24, 2.45) is 0 Å². The van der Waals surface area contributed by atoms with Gasteiger partial charge < -0.3 is 19.7 Å². The van der Waals surface area contributed by atoms with Gasteiger partial charge in [-0.25, -0.2) is 0 Å². The smallest absolute Gasteiger partial charge is 0.263 e. The normalized spacial score (nSPS) is 11.2. The molecule has 2 aromatic heterocycles. The molecule has 0 aliphatic heterocycles. The summed E-state index contributed by atoms with van der Waals surface area (Å²) in [6, 6.07) is 45.5. The molecular weight excluding hydrogens is 1040 g/mol. The van der Waals surface area contributed by atoms with Crippen LogP contribution >= 0.6 is 22.7 Å². The van der Waals surface area contributed by atoms with Gasteiger partial charge in [0.05, 0.1) is 20.9 Å². The summed E-state index contributed by atoms with van der Waals surface area (Å²) >= 11 is 3.20. The van der Waals surface area contributed by atoms with Crippen LogP contribution in [-0.4, -0.2) is 32.9 Å². The van der Waals surface area contributed by atoms with E-state index in [2.05, 4.69) is 156 Å². The molecule has 75 heavy (non-hydrogen) atoms. The van der Waals surface area contributed by atoms with E-state index in [0.717, 1.165) is 67.5 Å². The molecule has 0 aliphatic rings. The number of para-hydroxylation sites is 2. The molecule has 0 aliphatic carbocycles. The first-order valence-corrected chi connectivity index (χ1v) is 28.4. The number of benzene rings is 6. The molecule has 4 N–H and O–H groups in total. The van der Waals surface area contributed by atoms with Gasteiger partial charge in [-0.3, -0.25) is 0 Å². The Hall–Kier alpha value is -5.46. The SMILES string of the molecule is CC(C)c1cc(C(C)C)c(-c2csc(-c3ccccc3[OH+]CCCC[OH+]c3ccccc3-c3scc(-c4c(C(C)C)cc(C(C)C)cc4C(C)C)c3O)c2O)c(C(C)C)c1.[CH2-]c1ccccc1.[CH2-]c1ccccc1.[Zr]. The molecule has 394 valence electrons. The predicted molar refractivity (Wildman–Crippen MR) is 322 cm³/mol. The third kappa shape index (κ3) is 15.6. The maximum atomic E-state index is 11.9. The van der Waals surface area contributed by atoms with E-state index < -0.39 is 0 Å². The number of unbranched alkanes of at least 4 members (excludes halogenated alkanes) is 1. The molecule has 0 bridgehead atoms. The number of aromatic hydroxyl groups is 4. The molecule has 0 unspecified atom stereocenters. The summed E-state index contributed by atoms with van der Waals surface area (Å²) in [7, 11) is 0. The van der Waals surface area contributed by atoms with Crippen LogP contribution in [-0.2, 0) is 26.2 Å².